The second-order valence-electron chi connectivity index (χ2n) is 3.75. The number of nitriles is 1. The molecule has 1 atom stereocenters. The van der Waals surface area contributed by atoms with Crippen LogP contribution in [0.1, 0.15) is 47.0 Å². The number of nitrogens with one attached hydrogen (secondary N) is 1. The largest absolute Gasteiger partial charge is 0.317 e. The molecule has 1 aliphatic heterocycles. The molecule has 1 heterocycles. The summed E-state index contributed by atoms with van der Waals surface area (Å²) in [4.78, 5) is 0. The van der Waals surface area contributed by atoms with E-state index in [-0.39, 0.29) is 0 Å². The molecule has 1 unspecified atom stereocenters. The second-order valence-corrected chi connectivity index (χ2v) is 3.75. The highest BCUT2D eigenvalue weighted by Gasteiger charge is 2.41. The van der Waals surface area contributed by atoms with E-state index < -0.39 is 0 Å². The molecule has 0 spiro atoms. The Hall–Kier alpha value is -0.485. The molecule has 1 aliphatic carbocycles. The van der Waals surface area contributed by atoms with E-state index in [9.17, 15) is 0 Å². The molecule has 15 heavy (non-hydrogen) atoms. The molecule has 2 aliphatic rings. The molecule has 2 fully saturated rings. The Morgan fingerprint density at radius 3 is 2.00 bits per heavy atom. The zero-order chi connectivity index (χ0) is 11.7. The van der Waals surface area contributed by atoms with Crippen LogP contribution in [0.3, 0.4) is 0 Å². The van der Waals surface area contributed by atoms with Gasteiger partial charge in [-0.15, -0.1) is 0 Å². The van der Waals surface area contributed by atoms with Crippen molar-refractivity contribution in [3.05, 3.63) is 0 Å². The fourth-order valence-electron chi connectivity index (χ4n) is 2.03. The first-order valence-electron chi connectivity index (χ1n) is 6.52. The van der Waals surface area contributed by atoms with E-state index in [0.717, 1.165) is 18.9 Å². The van der Waals surface area contributed by atoms with Crippen molar-refractivity contribution in [2.24, 2.45) is 0 Å². The van der Waals surface area contributed by atoms with Crippen molar-refractivity contribution in [2.45, 2.75) is 58.6 Å². The Balaban J connectivity index is 0.000000442. The van der Waals surface area contributed by atoms with Gasteiger partial charge in [-0.25, -0.2) is 5.26 Å². The van der Waals surface area contributed by atoms with Gasteiger partial charge in [0, 0.05) is 5.97 Å². The van der Waals surface area contributed by atoms with Crippen molar-refractivity contribution < 1.29 is 0 Å². The topological polar surface area (TPSA) is 35.8 Å². The zero-order valence-corrected chi connectivity index (χ0v) is 10.7. The molecule has 86 valence electrons. The molecule has 0 bridgehead atoms. The summed E-state index contributed by atoms with van der Waals surface area (Å²) >= 11 is 0. The summed E-state index contributed by atoms with van der Waals surface area (Å²) in [7, 11) is 0. The Kier molecular flexibility index (Phi) is 8.51. The van der Waals surface area contributed by atoms with Crippen molar-refractivity contribution in [1.29, 1.82) is 5.26 Å². The first-order valence-corrected chi connectivity index (χ1v) is 6.52. The summed E-state index contributed by atoms with van der Waals surface area (Å²) in [5, 5.41) is 12.2. The molecule has 0 radical (unpaired) electrons. The standard InChI is InChI=1S/C8H13BN2.2C2H6/c10-6-9(7-1-2-7)8-3-4-11-5-8;2*1-2/h7-8,11H,1-5H2;2*1-2H3. The van der Waals surface area contributed by atoms with Gasteiger partial charge < -0.3 is 5.32 Å². The first-order chi connectivity index (χ1) is 7.42. The molecule has 0 amide bonds. The summed E-state index contributed by atoms with van der Waals surface area (Å²) in [5.41, 5.74) is 0. The fourth-order valence-corrected chi connectivity index (χ4v) is 2.03. The third-order valence-corrected chi connectivity index (χ3v) is 2.89. The Labute approximate surface area is 95.5 Å². The van der Waals surface area contributed by atoms with Gasteiger partial charge in [-0.05, 0) is 31.1 Å². The van der Waals surface area contributed by atoms with Crippen molar-refractivity contribution in [3.63, 3.8) is 0 Å². The van der Waals surface area contributed by atoms with Crippen LogP contribution in [0.4, 0.5) is 0 Å². The minimum absolute atomic E-state index is 0.366. The normalized spacial score (nSPS) is 22.7. The van der Waals surface area contributed by atoms with E-state index >= 15 is 0 Å². The van der Waals surface area contributed by atoms with E-state index in [4.69, 9.17) is 5.26 Å². The molecule has 3 heteroatoms. The lowest BCUT2D eigenvalue weighted by Gasteiger charge is -2.09. The van der Waals surface area contributed by atoms with Gasteiger partial charge in [0.2, 0.25) is 0 Å². The molecule has 0 aromatic rings. The van der Waals surface area contributed by atoms with E-state index in [0.29, 0.717) is 12.5 Å². The number of nitrogens with zero attached hydrogens (tertiary/aromatic N) is 1. The van der Waals surface area contributed by atoms with Crippen molar-refractivity contribution in [1.82, 2.24) is 5.32 Å². The third kappa shape index (κ3) is 4.71. The van der Waals surface area contributed by atoms with Gasteiger partial charge in [-0.3, -0.25) is 0 Å². The minimum atomic E-state index is 0.366. The van der Waals surface area contributed by atoms with Crippen LogP contribution in [0.15, 0.2) is 0 Å². The maximum Gasteiger partial charge on any atom is 0.275 e. The highest BCUT2D eigenvalue weighted by molar-refractivity contribution is 6.70. The van der Waals surface area contributed by atoms with Crippen LogP contribution in [0, 0.1) is 11.2 Å². The van der Waals surface area contributed by atoms with Gasteiger partial charge in [0.15, 0.2) is 0 Å². The monoisotopic (exact) mass is 208 g/mol. The second kappa shape index (κ2) is 8.79. The Bertz CT molecular complexity index is 179. The highest BCUT2D eigenvalue weighted by atomic mass is 14.9. The zero-order valence-electron chi connectivity index (χ0n) is 10.7. The van der Waals surface area contributed by atoms with Gasteiger partial charge in [-0.2, -0.15) is 0 Å². The Morgan fingerprint density at radius 1 is 1.07 bits per heavy atom. The summed E-state index contributed by atoms with van der Waals surface area (Å²) in [6, 6.07) is 0. The van der Waals surface area contributed by atoms with Gasteiger partial charge >= 0.3 is 0 Å². The van der Waals surface area contributed by atoms with Gasteiger partial charge in [0.05, 0.1) is 0 Å². The van der Waals surface area contributed by atoms with Gasteiger partial charge in [-0.1, -0.05) is 40.5 Å². The van der Waals surface area contributed by atoms with Crippen molar-refractivity contribution in [3.8, 4) is 5.97 Å². The molecular formula is C12H25BN2. The molecule has 2 nitrogen and oxygen atoms in total. The summed E-state index contributed by atoms with van der Waals surface area (Å²) in [6.45, 7) is 10.6. The van der Waals surface area contributed by atoms with E-state index in [1.54, 1.807) is 0 Å². The Morgan fingerprint density at radius 2 is 1.67 bits per heavy atom. The van der Waals surface area contributed by atoms with E-state index in [1.165, 1.54) is 19.3 Å². The van der Waals surface area contributed by atoms with E-state index in [2.05, 4.69) is 11.3 Å². The highest BCUT2D eigenvalue weighted by Crippen LogP contribution is 2.43. The van der Waals surface area contributed by atoms with Crippen LogP contribution in [0.2, 0.25) is 11.6 Å². The van der Waals surface area contributed by atoms with Crippen LogP contribution >= 0.6 is 0 Å². The number of rotatable bonds is 2. The lowest BCUT2D eigenvalue weighted by atomic mass is 9.38. The molecule has 0 aromatic carbocycles. The van der Waals surface area contributed by atoms with Crippen LogP contribution in [-0.2, 0) is 0 Å². The predicted molar refractivity (Wildman–Crippen MR) is 68.3 cm³/mol. The van der Waals surface area contributed by atoms with E-state index in [1.807, 2.05) is 27.7 Å². The van der Waals surface area contributed by atoms with Crippen LogP contribution < -0.4 is 5.32 Å². The van der Waals surface area contributed by atoms with Gasteiger partial charge in [0.1, 0.15) is 0 Å². The quantitative estimate of drug-likeness (QED) is 0.707. The molecule has 2 rings (SSSR count). The summed E-state index contributed by atoms with van der Waals surface area (Å²) in [5.74, 6) is 3.88. The van der Waals surface area contributed by atoms with Gasteiger partial charge in [0.25, 0.3) is 6.71 Å². The lowest BCUT2D eigenvalue weighted by Crippen LogP contribution is -2.21. The smallest absolute Gasteiger partial charge is 0.275 e. The maximum atomic E-state index is 8.92. The summed E-state index contributed by atoms with van der Waals surface area (Å²) in [6.07, 6.45) is 3.82. The SMILES string of the molecule is CC.CC.N#CB(C1CC1)C1CCNC1. The average Bonchev–Trinajstić information content (AvgIpc) is 3.00. The molecule has 0 aromatic heterocycles. The lowest BCUT2D eigenvalue weighted by molar-refractivity contribution is 0.853. The van der Waals surface area contributed by atoms with Crippen LogP contribution in [0.5, 0.6) is 0 Å². The molecule has 1 N–H and O–H groups in total. The molecular weight excluding hydrogens is 183 g/mol. The first kappa shape index (κ1) is 14.5. The average molecular weight is 208 g/mol. The van der Waals surface area contributed by atoms with Crippen molar-refractivity contribution in [2.75, 3.05) is 13.1 Å². The van der Waals surface area contributed by atoms with Crippen LogP contribution in [0.25, 0.3) is 0 Å². The minimum Gasteiger partial charge on any atom is -0.317 e. The van der Waals surface area contributed by atoms with Crippen molar-refractivity contribution >= 4 is 6.71 Å². The number of hydrogen-bond acceptors (Lipinski definition) is 2. The fraction of sp³-hybridized carbons (Fsp3) is 0.917. The maximum absolute atomic E-state index is 8.92. The van der Waals surface area contributed by atoms with Crippen LogP contribution in [-0.4, -0.2) is 19.8 Å². The predicted octanol–water partition coefficient (Wildman–Crippen LogP) is 3.12. The third-order valence-electron chi connectivity index (χ3n) is 2.89. The molecule has 1 saturated heterocycles. The number of hydrogen-bond donors (Lipinski definition) is 1. The summed E-state index contributed by atoms with van der Waals surface area (Å²) < 4.78 is 0. The molecule has 1 saturated carbocycles.